The van der Waals surface area contributed by atoms with Crippen LogP contribution in [-0.4, -0.2) is 11.5 Å². The first kappa shape index (κ1) is 19.2. The zero-order valence-electron chi connectivity index (χ0n) is 18.1. The summed E-state index contributed by atoms with van der Waals surface area (Å²) >= 11 is 0. The van der Waals surface area contributed by atoms with Crippen molar-refractivity contribution in [2.24, 2.45) is 4.99 Å². The van der Waals surface area contributed by atoms with Crippen molar-refractivity contribution < 1.29 is 4.79 Å². The van der Waals surface area contributed by atoms with Crippen LogP contribution in [-0.2, 0) is 6.42 Å². The molecule has 0 radical (unpaired) electrons. The Hall–Kier alpha value is -3.52. The lowest BCUT2D eigenvalue weighted by Gasteiger charge is -2.17. The van der Waals surface area contributed by atoms with Crippen LogP contribution in [0.3, 0.4) is 0 Å². The molecule has 4 aliphatic rings. The first-order valence-corrected chi connectivity index (χ1v) is 11.6. The van der Waals surface area contributed by atoms with Gasteiger partial charge in [0.25, 0.3) is 0 Å². The Morgan fingerprint density at radius 3 is 2.66 bits per heavy atom. The van der Waals surface area contributed by atoms with E-state index in [0.717, 1.165) is 43.4 Å². The third-order valence-electron chi connectivity index (χ3n) is 6.87. The van der Waals surface area contributed by atoms with E-state index in [2.05, 4.69) is 71.8 Å². The Labute approximate surface area is 188 Å². The molecule has 3 aliphatic carbocycles. The highest BCUT2D eigenvalue weighted by molar-refractivity contribution is 6.30. The molecule has 1 aliphatic heterocycles. The quantitative estimate of drug-likeness (QED) is 0.454. The van der Waals surface area contributed by atoms with Crippen molar-refractivity contribution >= 4 is 45.7 Å². The van der Waals surface area contributed by atoms with Gasteiger partial charge in [-0.3, -0.25) is 9.79 Å². The fourth-order valence-electron chi connectivity index (χ4n) is 5.32. The highest BCUT2D eigenvalue weighted by atomic mass is 16.1. The number of carbonyl (C=O) groups is 1. The second-order valence-electron chi connectivity index (χ2n) is 8.81. The fourth-order valence-corrected chi connectivity index (χ4v) is 5.32. The molecular weight excluding hydrogens is 390 g/mol. The highest BCUT2D eigenvalue weighted by Gasteiger charge is 2.20. The van der Waals surface area contributed by atoms with E-state index >= 15 is 0 Å². The van der Waals surface area contributed by atoms with Gasteiger partial charge in [-0.15, -0.1) is 0 Å². The zero-order valence-corrected chi connectivity index (χ0v) is 18.1. The number of aryl methyl sites for hydroxylation is 1. The number of rotatable bonds is 0. The minimum atomic E-state index is 0.316. The Balaban J connectivity index is 0.000000131. The lowest BCUT2D eigenvalue weighted by Crippen LogP contribution is -2.27. The van der Waals surface area contributed by atoms with Crippen molar-refractivity contribution in [3.63, 3.8) is 0 Å². The molecule has 32 heavy (non-hydrogen) atoms. The van der Waals surface area contributed by atoms with Gasteiger partial charge in [0.15, 0.2) is 5.78 Å². The summed E-state index contributed by atoms with van der Waals surface area (Å²) in [7, 11) is 0. The number of allylic oxidation sites excluding steroid dienone is 4. The molecule has 156 valence electrons. The maximum Gasteiger partial charge on any atom is 0.163 e. The van der Waals surface area contributed by atoms with E-state index in [1.807, 2.05) is 12.1 Å². The minimum Gasteiger partial charge on any atom is -0.294 e. The van der Waals surface area contributed by atoms with Crippen molar-refractivity contribution in [3.05, 3.63) is 93.9 Å². The second-order valence-corrected chi connectivity index (χ2v) is 8.81. The fraction of sp³-hybridized carbons (Fsp3) is 0.200. The molecule has 0 aromatic heterocycles. The topological polar surface area (TPSA) is 29.4 Å². The van der Waals surface area contributed by atoms with Crippen LogP contribution in [0.1, 0.15) is 53.6 Å². The number of nitrogens with zero attached hydrogens (tertiary/aromatic N) is 1. The number of hydrogen-bond donors (Lipinski definition) is 0. The molecule has 0 fully saturated rings. The van der Waals surface area contributed by atoms with Crippen LogP contribution >= 0.6 is 0 Å². The van der Waals surface area contributed by atoms with Gasteiger partial charge < -0.3 is 0 Å². The third kappa shape index (κ3) is 3.18. The van der Waals surface area contributed by atoms with Gasteiger partial charge in [-0.2, -0.15) is 0 Å². The number of hydrogen-bond acceptors (Lipinski definition) is 2. The number of ketones is 1. The van der Waals surface area contributed by atoms with E-state index in [1.165, 1.54) is 43.6 Å². The third-order valence-corrected chi connectivity index (χ3v) is 6.87. The molecule has 0 bridgehead atoms. The number of aliphatic imine (C=N–C) groups is 1. The van der Waals surface area contributed by atoms with Gasteiger partial charge in [-0.05, 0) is 58.5 Å². The van der Waals surface area contributed by atoms with Gasteiger partial charge >= 0.3 is 0 Å². The summed E-state index contributed by atoms with van der Waals surface area (Å²) in [5, 5.41) is 5.32. The monoisotopic (exact) mass is 415 g/mol. The summed E-state index contributed by atoms with van der Waals surface area (Å²) in [5.74, 6) is 0.316. The minimum absolute atomic E-state index is 0.316. The molecule has 3 aromatic rings. The molecular formula is C30H25NO. The van der Waals surface area contributed by atoms with Crippen molar-refractivity contribution in [2.75, 3.05) is 0 Å². The van der Waals surface area contributed by atoms with Crippen molar-refractivity contribution in [2.45, 2.75) is 38.5 Å². The molecule has 0 amide bonds. The number of carbonyl (C=O) groups excluding carboxylic acids is 1. The molecule has 1 heterocycles. The van der Waals surface area contributed by atoms with E-state index in [1.54, 1.807) is 0 Å². The van der Waals surface area contributed by atoms with Crippen molar-refractivity contribution in [3.8, 4) is 0 Å². The predicted octanol–water partition coefficient (Wildman–Crippen LogP) is 5.83. The van der Waals surface area contributed by atoms with Crippen LogP contribution in [0.25, 0.3) is 28.5 Å². The lowest BCUT2D eigenvalue weighted by molar-refractivity contribution is 0.0973. The van der Waals surface area contributed by atoms with E-state index in [0.29, 0.717) is 12.2 Å². The predicted molar refractivity (Wildman–Crippen MR) is 134 cm³/mol. The second kappa shape index (κ2) is 7.87. The highest BCUT2D eigenvalue weighted by Crippen LogP contribution is 2.36. The molecule has 0 unspecified atom stereocenters. The lowest BCUT2D eigenvalue weighted by atomic mass is 9.86. The SMILES string of the molecule is C1=CCC2=Nc3ccccc3C2=C1.O=C1CCCc2c1ccc1c3c(ccc21)=CCCC=3. The van der Waals surface area contributed by atoms with Crippen LogP contribution in [0.2, 0.25) is 0 Å². The van der Waals surface area contributed by atoms with Gasteiger partial charge in [0.05, 0.1) is 11.4 Å². The normalized spacial score (nSPS) is 17.4. The van der Waals surface area contributed by atoms with Crippen molar-refractivity contribution in [1.29, 1.82) is 0 Å². The summed E-state index contributed by atoms with van der Waals surface area (Å²) in [5.41, 5.74) is 7.14. The smallest absolute Gasteiger partial charge is 0.163 e. The standard InChI is InChI=1S/C18H16O.C12H9N/c19-18-7-3-6-14-16-9-8-12-4-1-2-5-13(12)15(16)10-11-17(14)18;1-3-7-11-9(5-1)10-6-2-4-8-12(10)13-11/h4-5,8-11H,1-3,6-7H2;1-7H,8H2. The van der Waals surface area contributed by atoms with Crippen LogP contribution in [0.15, 0.2) is 71.8 Å². The van der Waals surface area contributed by atoms with Gasteiger partial charge in [-0.25, -0.2) is 0 Å². The number of benzene rings is 3. The van der Waals surface area contributed by atoms with Gasteiger partial charge in [0, 0.05) is 29.5 Å². The van der Waals surface area contributed by atoms with Gasteiger partial charge in [0.1, 0.15) is 0 Å². The molecule has 0 spiro atoms. The van der Waals surface area contributed by atoms with Crippen LogP contribution < -0.4 is 10.4 Å². The van der Waals surface area contributed by atoms with E-state index < -0.39 is 0 Å². The first-order chi connectivity index (χ1) is 15.8. The van der Waals surface area contributed by atoms with Gasteiger partial charge in [0.2, 0.25) is 0 Å². The largest absolute Gasteiger partial charge is 0.294 e. The van der Waals surface area contributed by atoms with E-state index in [4.69, 9.17) is 0 Å². The summed E-state index contributed by atoms with van der Waals surface area (Å²) in [6.45, 7) is 0. The van der Waals surface area contributed by atoms with E-state index in [-0.39, 0.29) is 0 Å². The Bertz CT molecular complexity index is 1480. The number of Topliss-reactive ketones (excluding diaryl/α,β-unsaturated/α-hetero) is 1. The summed E-state index contributed by atoms with van der Waals surface area (Å²) in [6.07, 6.45) is 17.1. The summed E-state index contributed by atoms with van der Waals surface area (Å²) < 4.78 is 0. The summed E-state index contributed by atoms with van der Waals surface area (Å²) in [6, 6.07) is 16.9. The van der Waals surface area contributed by atoms with Crippen LogP contribution in [0.4, 0.5) is 5.69 Å². The maximum absolute atomic E-state index is 12.0. The molecule has 2 heteroatoms. The van der Waals surface area contributed by atoms with Gasteiger partial charge in [-0.1, -0.05) is 72.8 Å². The molecule has 3 aromatic carbocycles. The zero-order chi connectivity index (χ0) is 21.5. The average molecular weight is 416 g/mol. The average Bonchev–Trinajstić information content (AvgIpc) is 3.23. The Kier molecular flexibility index (Phi) is 4.72. The first-order valence-electron chi connectivity index (χ1n) is 11.6. The van der Waals surface area contributed by atoms with E-state index in [9.17, 15) is 4.79 Å². The summed E-state index contributed by atoms with van der Waals surface area (Å²) in [4.78, 5) is 16.6. The Morgan fingerprint density at radius 1 is 0.812 bits per heavy atom. The molecule has 7 rings (SSSR count). The van der Waals surface area contributed by atoms with Crippen LogP contribution in [0.5, 0.6) is 0 Å². The number of para-hydroxylation sites is 1. The molecule has 0 N–H and O–H groups in total. The number of fused-ring (bicyclic) bond motifs is 8. The molecule has 0 saturated heterocycles. The maximum atomic E-state index is 12.0. The van der Waals surface area contributed by atoms with Crippen molar-refractivity contribution in [1.82, 2.24) is 0 Å². The molecule has 0 atom stereocenters. The Morgan fingerprint density at radius 2 is 1.69 bits per heavy atom. The molecule has 2 nitrogen and oxygen atoms in total. The van der Waals surface area contributed by atoms with Crippen LogP contribution in [0, 0.1) is 0 Å². The molecule has 0 saturated carbocycles.